The lowest BCUT2D eigenvalue weighted by molar-refractivity contribution is 0.383. The minimum atomic E-state index is 0.308. The summed E-state index contributed by atoms with van der Waals surface area (Å²) in [5, 5.41) is 8.86. The van der Waals surface area contributed by atoms with E-state index >= 15 is 0 Å². The molecule has 1 fully saturated rings. The van der Waals surface area contributed by atoms with E-state index in [1.165, 1.54) is 23.0 Å². The van der Waals surface area contributed by atoms with E-state index in [-0.39, 0.29) is 0 Å². The molecular formula is C15H27N3OS2. The molecule has 0 aliphatic carbocycles. The summed E-state index contributed by atoms with van der Waals surface area (Å²) in [6.45, 7) is 7.59. The zero-order valence-corrected chi connectivity index (χ0v) is 15.1. The number of methoxy groups -OCH3 is 1. The summed E-state index contributed by atoms with van der Waals surface area (Å²) in [4.78, 5) is 0. The van der Waals surface area contributed by atoms with Crippen molar-refractivity contribution in [1.29, 1.82) is 0 Å². The van der Waals surface area contributed by atoms with Crippen LogP contribution in [0.4, 0.5) is 0 Å². The van der Waals surface area contributed by atoms with Crippen LogP contribution in [-0.4, -0.2) is 45.9 Å². The fourth-order valence-electron chi connectivity index (χ4n) is 2.62. The molecule has 1 aliphatic heterocycles. The Balaban J connectivity index is 2.32. The van der Waals surface area contributed by atoms with Gasteiger partial charge in [0.1, 0.15) is 0 Å². The average molecular weight is 330 g/mol. The Hall–Kier alpha value is -0.330. The van der Waals surface area contributed by atoms with Gasteiger partial charge in [0.05, 0.1) is 25.0 Å². The van der Waals surface area contributed by atoms with Crippen LogP contribution in [0, 0.1) is 0 Å². The lowest BCUT2D eigenvalue weighted by atomic mass is 10.1. The van der Waals surface area contributed by atoms with Crippen molar-refractivity contribution in [3.8, 4) is 5.75 Å². The van der Waals surface area contributed by atoms with Crippen LogP contribution < -0.4 is 10.1 Å². The van der Waals surface area contributed by atoms with E-state index in [2.05, 4.69) is 59.4 Å². The molecule has 1 aromatic heterocycles. The smallest absolute Gasteiger partial charge is 0.161 e. The molecule has 21 heavy (non-hydrogen) atoms. The van der Waals surface area contributed by atoms with E-state index in [4.69, 9.17) is 4.74 Å². The highest BCUT2D eigenvalue weighted by Gasteiger charge is 2.31. The van der Waals surface area contributed by atoms with Crippen LogP contribution >= 0.6 is 23.5 Å². The van der Waals surface area contributed by atoms with E-state index in [1.807, 2.05) is 6.20 Å². The van der Waals surface area contributed by atoms with Crippen molar-refractivity contribution in [1.82, 2.24) is 15.1 Å². The molecule has 6 heteroatoms. The number of rotatable bonds is 7. The summed E-state index contributed by atoms with van der Waals surface area (Å²) in [5.74, 6) is 4.60. The summed E-state index contributed by atoms with van der Waals surface area (Å²) >= 11 is 4.14. The van der Waals surface area contributed by atoms with Crippen LogP contribution in [0.2, 0.25) is 0 Å². The maximum atomic E-state index is 5.59. The molecule has 2 rings (SSSR count). The lowest BCUT2D eigenvalue weighted by Crippen LogP contribution is -2.36. The molecule has 0 aromatic carbocycles. The van der Waals surface area contributed by atoms with Gasteiger partial charge in [-0.1, -0.05) is 6.92 Å². The van der Waals surface area contributed by atoms with Crippen molar-refractivity contribution >= 4 is 23.5 Å². The van der Waals surface area contributed by atoms with E-state index in [1.54, 1.807) is 7.11 Å². The monoisotopic (exact) mass is 329 g/mol. The van der Waals surface area contributed by atoms with Gasteiger partial charge in [-0.3, -0.25) is 4.68 Å². The molecule has 2 atom stereocenters. The van der Waals surface area contributed by atoms with Crippen molar-refractivity contribution in [3.05, 3.63) is 11.9 Å². The van der Waals surface area contributed by atoms with E-state index in [9.17, 15) is 0 Å². The molecule has 0 spiro atoms. The highest BCUT2D eigenvalue weighted by Crippen LogP contribution is 2.37. The standard InChI is InChI=1S/C15H27N3OS2/c1-5-6-16-14(13-10-20-7-8-21-13)15-12(19-4)9-17-18(15)11(2)3/h9,11,13-14,16H,5-8,10H2,1-4H3. The Bertz CT molecular complexity index is 431. The molecule has 1 N–H and O–H groups in total. The summed E-state index contributed by atoms with van der Waals surface area (Å²) in [5.41, 5.74) is 1.21. The molecular weight excluding hydrogens is 302 g/mol. The van der Waals surface area contributed by atoms with Gasteiger partial charge < -0.3 is 10.1 Å². The van der Waals surface area contributed by atoms with Gasteiger partial charge >= 0.3 is 0 Å². The van der Waals surface area contributed by atoms with Crippen LogP contribution in [-0.2, 0) is 0 Å². The first kappa shape index (κ1) is 17.0. The van der Waals surface area contributed by atoms with Crippen molar-refractivity contribution in [2.24, 2.45) is 0 Å². The largest absolute Gasteiger partial charge is 0.493 e. The molecule has 1 aromatic rings. The number of nitrogens with zero attached hydrogens (tertiary/aromatic N) is 2. The zero-order chi connectivity index (χ0) is 15.2. The molecule has 2 unspecified atom stereocenters. The Morgan fingerprint density at radius 3 is 2.86 bits per heavy atom. The van der Waals surface area contributed by atoms with Gasteiger partial charge in [0.25, 0.3) is 0 Å². The topological polar surface area (TPSA) is 39.1 Å². The zero-order valence-electron chi connectivity index (χ0n) is 13.5. The summed E-state index contributed by atoms with van der Waals surface area (Å²) < 4.78 is 7.71. The molecule has 2 heterocycles. The van der Waals surface area contributed by atoms with Crippen molar-refractivity contribution < 1.29 is 4.74 Å². The van der Waals surface area contributed by atoms with Gasteiger partial charge in [0, 0.05) is 28.6 Å². The highest BCUT2D eigenvalue weighted by atomic mass is 32.2. The average Bonchev–Trinajstić information content (AvgIpc) is 2.93. The minimum Gasteiger partial charge on any atom is -0.493 e. The molecule has 120 valence electrons. The summed E-state index contributed by atoms with van der Waals surface area (Å²) in [6.07, 6.45) is 3.00. The molecule has 1 saturated heterocycles. The van der Waals surface area contributed by atoms with Gasteiger partial charge in [0.15, 0.2) is 5.75 Å². The number of aromatic nitrogens is 2. The van der Waals surface area contributed by atoms with Crippen LogP contribution in [0.25, 0.3) is 0 Å². The van der Waals surface area contributed by atoms with E-state index in [0.717, 1.165) is 18.7 Å². The van der Waals surface area contributed by atoms with Gasteiger partial charge in [-0.2, -0.15) is 28.6 Å². The number of ether oxygens (including phenoxy) is 1. The quantitative estimate of drug-likeness (QED) is 0.830. The van der Waals surface area contributed by atoms with Crippen molar-refractivity contribution in [2.45, 2.75) is 44.5 Å². The molecule has 4 nitrogen and oxygen atoms in total. The molecule has 0 bridgehead atoms. The maximum Gasteiger partial charge on any atom is 0.161 e. The number of hydrogen-bond acceptors (Lipinski definition) is 5. The number of thioether (sulfide) groups is 2. The second-order valence-electron chi connectivity index (χ2n) is 5.55. The Morgan fingerprint density at radius 2 is 2.29 bits per heavy atom. The van der Waals surface area contributed by atoms with Gasteiger partial charge in [0.2, 0.25) is 0 Å². The van der Waals surface area contributed by atoms with Crippen LogP contribution in [0.5, 0.6) is 5.75 Å². The van der Waals surface area contributed by atoms with Gasteiger partial charge in [-0.15, -0.1) is 0 Å². The minimum absolute atomic E-state index is 0.308. The normalized spacial score (nSPS) is 20.7. The van der Waals surface area contributed by atoms with E-state index < -0.39 is 0 Å². The third-order valence-electron chi connectivity index (χ3n) is 3.63. The first-order valence-electron chi connectivity index (χ1n) is 7.73. The predicted molar refractivity (Wildman–Crippen MR) is 93.8 cm³/mol. The number of nitrogens with one attached hydrogen (secondary N) is 1. The number of hydrogen-bond donors (Lipinski definition) is 1. The van der Waals surface area contributed by atoms with Crippen LogP contribution in [0.15, 0.2) is 6.20 Å². The predicted octanol–water partition coefficient (Wildman–Crippen LogP) is 3.36. The van der Waals surface area contributed by atoms with E-state index in [0.29, 0.717) is 17.3 Å². The molecule has 1 aliphatic rings. The SMILES string of the molecule is CCCNC(c1c(OC)cnn1C(C)C)C1CSCCS1. The second-order valence-corrected chi connectivity index (χ2v) is 8.05. The fraction of sp³-hybridized carbons (Fsp3) is 0.800. The second kappa shape index (κ2) is 8.34. The molecule has 0 amide bonds. The Kier molecular flexibility index (Phi) is 6.76. The van der Waals surface area contributed by atoms with Crippen molar-refractivity contribution in [2.75, 3.05) is 30.9 Å². The summed E-state index contributed by atoms with van der Waals surface area (Å²) in [7, 11) is 1.74. The lowest BCUT2D eigenvalue weighted by Gasteiger charge is -2.31. The third kappa shape index (κ3) is 4.11. The maximum absolute atomic E-state index is 5.59. The van der Waals surface area contributed by atoms with Crippen LogP contribution in [0.3, 0.4) is 0 Å². The van der Waals surface area contributed by atoms with Crippen LogP contribution in [0.1, 0.15) is 45.0 Å². The fourth-order valence-corrected chi connectivity index (χ4v) is 5.46. The highest BCUT2D eigenvalue weighted by molar-refractivity contribution is 8.06. The van der Waals surface area contributed by atoms with Gasteiger partial charge in [-0.05, 0) is 26.8 Å². The van der Waals surface area contributed by atoms with Gasteiger partial charge in [-0.25, -0.2) is 0 Å². The Morgan fingerprint density at radius 1 is 1.48 bits per heavy atom. The first-order chi connectivity index (χ1) is 10.2. The van der Waals surface area contributed by atoms with Crippen molar-refractivity contribution in [3.63, 3.8) is 0 Å². The molecule has 0 saturated carbocycles. The first-order valence-corrected chi connectivity index (χ1v) is 9.93. The Labute approximate surface area is 136 Å². The summed E-state index contributed by atoms with van der Waals surface area (Å²) in [6, 6.07) is 0.652. The third-order valence-corrected chi connectivity index (χ3v) is 6.49. The molecule has 0 radical (unpaired) electrons.